The molecule has 1 atom stereocenters. The molecular weight excluding hydrogens is 138 g/mol. The van der Waals surface area contributed by atoms with Gasteiger partial charge in [0.1, 0.15) is 0 Å². The molecule has 0 bridgehead atoms. The number of aliphatic hydroxyl groups is 1. The van der Waals surface area contributed by atoms with Crippen molar-refractivity contribution in [3.63, 3.8) is 0 Å². The zero-order chi connectivity index (χ0) is 8.27. The van der Waals surface area contributed by atoms with Crippen LogP contribution in [-0.2, 0) is 6.42 Å². The summed E-state index contributed by atoms with van der Waals surface area (Å²) in [5, 5.41) is 9.31. The molecule has 0 amide bonds. The van der Waals surface area contributed by atoms with E-state index in [2.05, 4.69) is 11.9 Å². The van der Waals surface area contributed by atoms with Gasteiger partial charge >= 0.3 is 0 Å². The highest BCUT2D eigenvalue weighted by Crippen LogP contribution is 2.15. The van der Waals surface area contributed by atoms with Gasteiger partial charge in [0, 0.05) is 12.4 Å². The molecule has 0 aliphatic carbocycles. The van der Waals surface area contributed by atoms with E-state index < -0.39 is 0 Å². The van der Waals surface area contributed by atoms with Crippen molar-refractivity contribution in [3.8, 4) is 0 Å². The topological polar surface area (TPSA) is 33.1 Å². The highest BCUT2D eigenvalue weighted by Gasteiger charge is 2.04. The third kappa shape index (κ3) is 1.77. The van der Waals surface area contributed by atoms with Gasteiger partial charge in [0.05, 0.1) is 6.10 Å². The molecule has 0 saturated heterocycles. The highest BCUT2D eigenvalue weighted by molar-refractivity contribution is 5.24. The molecule has 60 valence electrons. The van der Waals surface area contributed by atoms with Gasteiger partial charge in [-0.15, -0.1) is 0 Å². The second-order valence-electron chi connectivity index (χ2n) is 2.60. The van der Waals surface area contributed by atoms with E-state index in [9.17, 15) is 5.11 Å². The molecule has 1 N–H and O–H groups in total. The van der Waals surface area contributed by atoms with Crippen LogP contribution in [0, 0.1) is 0 Å². The molecule has 1 rings (SSSR count). The number of aliphatic hydroxyl groups excluding tert-OH is 1. The first-order chi connectivity index (χ1) is 5.25. The monoisotopic (exact) mass is 151 g/mol. The molecule has 0 radical (unpaired) electrons. The van der Waals surface area contributed by atoms with Crippen molar-refractivity contribution >= 4 is 0 Å². The van der Waals surface area contributed by atoms with Gasteiger partial charge in [-0.2, -0.15) is 0 Å². The molecule has 2 nitrogen and oxygen atoms in total. The zero-order valence-electron chi connectivity index (χ0n) is 6.91. The number of hydrogen-bond acceptors (Lipinski definition) is 2. The van der Waals surface area contributed by atoms with E-state index >= 15 is 0 Å². The number of rotatable bonds is 2. The minimum atomic E-state index is -0.382. The van der Waals surface area contributed by atoms with Crippen LogP contribution in [0.15, 0.2) is 18.5 Å². The SMILES string of the molecule is CCc1cnccc1[C@@H](C)O. The maximum absolute atomic E-state index is 9.31. The van der Waals surface area contributed by atoms with E-state index in [0.29, 0.717) is 0 Å². The summed E-state index contributed by atoms with van der Waals surface area (Å²) in [5.74, 6) is 0. The fourth-order valence-electron chi connectivity index (χ4n) is 1.14. The summed E-state index contributed by atoms with van der Waals surface area (Å²) in [7, 11) is 0. The lowest BCUT2D eigenvalue weighted by atomic mass is 10.0. The Morgan fingerprint density at radius 2 is 2.36 bits per heavy atom. The first-order valence-electron chi connectivity index (χ1n) is 3.86. The van der Waals surface area contributed by atoms with Crippen molar-refractivity contribution in [3.05, 3.63) is 29.6 Å². The number of nitrogens with zero attached hydrogens (tertiary/aromatic N) is 1. The fourth-order valence-corrected chi connectivity index (χ4v) is 1.14. The van der Waals surface area contributed by atoms with Crippen molar-refractivity contribution < 1.29 is 5.11 Å². The van der Waals surface area contributed by atoms with Crippen LogP contribution in [0.4, 0.5) is 0 Å². The normalized spacial score (nSPS) is 13.0. The van der Waals surface area contributed by atoms with Gasteiger partial charge < -0.3 is 5.11 Å². The summed E-state index contributed by atoms with van der Waals surface area (Å²) >= 11 is 0. The molecule has 0 spiro atoms. The molecule has 0 aliphatic rings. The summed E-state index contributed by atoms with van der Waals surface area (Å²) in [6, 6.07) is 1.86. The summed E-state index contributed by atoms with van der Waals surface area (Å²) in [6.07, 6.45) is 4.06. The number of aromatic nitrogens is 1. The summed E-state index contributed by atoms with van der Waals surface area (Å²) in [5.41, 5.74) is 2.12. The second-order valence-corrected chi connectivity index (χ2v) is 2.60. The predicted octanol–water partition coefficient (Wildman–Crippen LogP) is 1.70. The molecule has 1 aromatic rings. The van der Waals surface area contributed by atoms with Gasteiger partial charge in [0.15, 0.2) is 0 Å². The first-order valence-corrected chi connectivity index (χ1v) is 3.86. The Morgan fingerprint density at radius 1 is 1.64 bits per heavy atom. The van der Waals surface area contributed by atoms with Gasteiger partial charge in [-0.1, -0.05) is 6.92 Å². The molecule has 0 aliphatic heterocycles. The maximum Gasteiger partial charge on any atom is 0.0765 e. The Hall–Kier alpha value is -0.890. The number of hydrogen-bond donors (Lipinski definition) is 1. The van der Waals surface area contributed by atoms with E-state index in [4.69, 9.17) is 0 Å². The van der Waals surface area contributed by atoms with Crippen molar-refractivity contribution in [2.75, 3.05) is 0 Å². The third-order valence-electron chi connectivity index (χ3n) is 1.77. The third-order valence-corrected chi connectivity index (χ3v) is 1.77. The molecule has 0 fully saturated rings. The molecule has 1 heterocycles. The quantitative estimate of drug-likeness (QED) is 0.697. The zero-order valence-corrected chi connectivity index (χ0v) is 6.91. The first kappa shape index (κ1) is 8.21. The lowest BCUT2D eigenvalue weighted by Gasteiger charge is -2.08. The van der Waals surface area contributed by atoms with E-state index in [1.807, 2.05) is 12.3 Å². The van der Waals surface area contributed by atoms with Crippen LogP contribution in [0.1, 0.15) is 31.1 Å². The average Bonchev–Trinajstić information content (AvgIpc) is 2.04. The molecule has 0 aromatic carbocycles. The van der Waals surface area contributed by atoms with Crippen molar-refractivity contribution in [1.82, 2.24) is 4.98 Å². The number of aryl methyl sites for hydroxylation is 1. The lowest BCUT2D eigenvalue weighted by molar-refractivity contribution is 0.198. The summed E-state index contributed by atoms with van der Waals surface area (Å²) < 4.78 is 0. The van der Waals surface area contributed by atoms with Crippen LogP contribution in [-0.4, -0.2) is 10.1 Å². The van der Waals surface area contributed by atoms with Crippen LogP contribution in [0.3, 0.4) is 0 Å². The predicted molar refractivity (Wildman–Crippen MR) is 44.2 cm³/mol. The Bertz CT molecular complexity index is 233. The highest BCUT2D eigenvalue weighted by atomic mass is 16.3. The standard InChI is InChI=1S/C9H13NO/c1-3-8-6-10-5-4-9(8)7(2)11/h4-7,11H,3H2,1-2H3/t7-/m1/s1. The Morgan fingerprint density at radius 3 is 2.82 bits per heavy atom. The minimum Gasteiger partial charge on any atom is -0.389 e. The van der Waals surface area contributed by atoms with E-state index in [1.165, 1.54) is 0 Å². The van der Waals surface area contributed by atoms with Crippen molar-refractivity contribution in [2.24, 2.45) is 0 Å². The van der Waals surface area contributed by atoms with Gasteiger partial charge in [-0.3, -0.25) is 4.98 Å². The Kier molecular flexibility index (Phi) is 2.60. The van der Waals surface area contributed by atoms with Gasteiger partial charge in [-0.05, 0) is 30.5 Å². The van der Waals surface area contributed by atoms with Crippen LogP contribution >= 0.6 is 0 Å². The Balaban J connectivity index is 3.02. The molecule has 2 heteroatoms. The maximum atomic E-state index is 9.31. The summed E-state index contributed by atoms with van der Waals surface area (Å²) in [6.45, 7) is 3.83. The van der Waals surface area contributed by atoms with Crippen LogP contribution < -0.4 is 0 Å². The smallest absolute Gasteiger partial charge is 0.0765 e. The largest absolute Gasteiger partial charge is 0.389 e. The molecular formula is C9H13NO. The Labute approximate surface area is 66.9 Å². The van der Waals surface area contributed by atoms with E-state index in [1.54, 1.807) is 13.1 Å². The van der Waals surface area contributed by atoms with Crippen molar-refractivity contribution in [2.45, 2.75) is 26.4 Å². The van der Waals surface area contributed by atoms with Crippen LogP contribution in [0.5, 0.6) is 0 Å². The summed E-state index contributed by atoms with van der Waals surface area (Å²) in [4.78, 5) is 3.99. The molecule has 0 unspecified atom stereocenters. The lowest BCUT2D eigenvalue weighted by Crippen LogP contribution is -1.97. The van der Waals surface area contributed by atoms with Crippen LogP contribution in [0.2, 0.25) is 0 Å². The molecule has 11 heavy (non-hydrogen) atoms. The van der Waals surface area contributed by atoms with Gasteiger partial charge in [0.25, 0.3) is 0 Å². The van der Waals surface area contributed by atoms with Gasteiger partial charge in [0.2, 0.25) is 0 Å². The number of pyridine rings is 1. The van der Waals surface area contributed by atoms with Gasteiger partial charge in [-0.25, -0.2) is 0 Å². The fraction of sp³-hybridized carbons (Fsp3) is 0.444. The van der Waals surface area contributed by atoms with E-state index in [-0.39, 0.29) is 6.10 Å². The molecule has 1 aromatic heterocycles. The van der Waals surface area contributed by atoms with Crippen molar-refractivity contribution in [1.29, 1.82) is 0 Å². The molecule has 0 saturated carbocycles. The minimum absolute atomic E-state index is 0.382. The average molecular weight is 151 g/mol. The van der Waals surface area contributed by atoms with E-state index in [0.717, 1.165) is 17.5 Å². The second kappa shape index (κ2) is 3.49. The van der Waals surface area contributed by atoms with Crippen LogP contribution in [0.25, 0.3) is 0 Å².